The van der Waals surface area contributed by atoms with E-state index in [1.54, 1.807) is 18.3 Å². The van der Waals surface area contributed by atoms with E-state index >= 15 is 0 Å². The van der Waals surface area contributed by atoms with E-state index in [9.17, 15) is 9.59 Å². The van der Waals surface area contributed by atoms with Crippen LogP contribution in [0, 0.1) is 0 Å². The summed E-state index contributed by atoms with van der Waals surface area (Å²) in [6.45, 7) is 2.47. The van der Waals surface area contributed by atoms with Crippen LogP contribution in [-0.2, 0) is 11.2 Å². The Morgan fingerprint density at radius 1 is 1.07 bits per heavy atom. The summed E-state index contributed by atoms with van der Waals surface area (Å²) in [6, 6.07) is 12.2. The van der Waals surface area contributed by atoms with Crippen LogP contribution in [0.2, 0.25) is 0 Å². The zero-order chi connectivity index (χ0) is 19.5. The molecule has 4 N–H and O–H groups in total. The van der Waals surface area contributed by atoms with Gasteiger partial charge in [-0.3, -0.25) is 14.6 Å². The fourth-order valence-corrected chi connectivity index (χ4v) is 2.80. The smallest absolute Gasteiger partial charge is 0.253 e. The molecule has 0 saturated carbocycles. The Morgan fingerprint density at radius 3 is 2.38 bits per heavy atom. The Balaban J connectivity index is 0.00000392. The Kier molecular flexibility index (Phi) is 13.7. The number of pyridine rings is 1. The molecule has 2 unspecified atom stereocenters. The Labute approximate surface area is 184 Å². The number of benzene rings is 1. The van der Waals surface area contributed by atoms with Crippen molar-refractivity contribution in [1.82, 2.24) is 15.6 Å². The second-order valence-corrected chi connectivity index (χ2v) is 6.54. The van der Waals surface area contributed by atoms with Gasteiger partial charge in [0.05, 0.1) is 5.56 Å². The number of hydrogen-bond donors (Lipinski definition) is 3. The van der Waals surface area contributed by atoms with Crippen LogP contribution in [0.15, 0.2) is 54.9 Å². The maximum atomic E-state index is 12.8. The predicted molar refractivity (Wildman–Crippen MR) is 121 cm³/mol. The highest BCUT2D eigenvalue weighted by molar-refractivity contribution is 5.97. The second-order valence-electron chi connectivity index (χ2n) is 6.54. The lowest BCUT2D eigenvalue weighted by Crippen LogP contribution is -2.52. The lowest BCUT2D eigenvalue weighted by atomic mass is 10.0. The lowest BCUT2D eigenvalue weighted by molar-refractivity contribution is -0.123. The van der Waals surface area contributed by atoms with Crippen molar-refractivity contribution in [2.24, 2.45) is 5.73 Å². The Bertz CT molecular complexity index is 717. The summed E-state index contributed by atoms with van der Waals surface area (Å²) in [5, 5.41) is 5.82. The average Bonchev–Trinajstić information content (AvgIpc) is 2.71. The van der Waals surface area contributed by atoms with Gasteiger partial charge in [0.25, 0.3) is 5.91 Å². The number of nitrogens with two attached hydrogens (primary N) is 1. The molecule has 2 rings (SSSR count). The van der Waals surface area contributed by atoms with E-state index in [0.717, 1.165) is 24.8 Å². The molecule has 0 fully saturated rings. The van der Waals surface area contributed by atoms with Gasteiger partial charge in [0.2, 0.25) is 5.91 Å². The molecule has 2 atom stereocenters. The van der Waals surface area contributed by atoms with Crippen molar-refractivity contribution in [3.8, 4) is 0 Å². The average molecular weight is 441 g/mol. The molecule has 1 aromatic heterocycles. The van der Waals surface area contributed by atoms with Gasteiger partial charge in [0.1, 0.15) is 6.04 Å². The molecule has 6 nitrogen and oxygen atoms in total. The molecule has 1 aromatic carbocycles. The third kappa shape index (κ3) is 9.26. The number of nitrogens with one attached hydrogen (secondary N) is 2. The van der Waals surface area contributed by atoms with Crippen molar-refractivity contribution >= 4 is 36.6 Å². The summed E-state index contributed by atoms with van der Waals surface area (Å²) in [5.74, 6) is -0.542. The zero-order valence-corrected chi connectivity index (χ0v) is 18.2. The molecule has 0 bridgehead atoms. The SMILES string of the molecule is CCCCC(CN)NC(=O)C(Cc1ccccc1)NC(=O)c1cccnc1.Cl.Cl. The van der Waals surface area contributed by atoms with Crippen LogP contribution >= 0.6 is 24.8 Å². The minimum absolute atomic E-state index is 0. The van der Waals surface area contributed by atoms with Crippen LogP contribution in [0.5, 0.6) is 0 Å². The number of aromatic nitrogens is 1. The number of amides is 2. The highest BCUT2D eigenvalue weighted by atomic mass is 35.5. The first-order valence-corrected chi connectivity index (χ1v) is 9.39. The summed E-state index contributed by atoms with van der Waals surface area (Å²) in [7, 11) is 0. The Hall–Kier alpha value is -2.15. The number of rotatable bonds is 10. The van der Waals surface area contributed by atoms with Crippen molar-refractivity contribution in [3.05, 3.63) is 66.0 Å². The highest BCUT2D eigenvalue weighted by Gasteiger charge is 2.23. The first-order chi connectivity index (χ1) is 13.1. The van der Waals surface area contributed by atoms with E-state index in [-0.39, 0.29) is 42.7 Å². The summed E-state index contributed by atoms with van der Waals surface area (Å²) in [5.41, 5.74) is 7.19. The number of nitrogens with zero attached hydrogens (tertiary/aromatic N) is 1. The van der Waals surface area contributed by atoms with Gasteiger partial charge in [0, 0.05) is 31.4 Å². The van der Waals surface area contributed by atoms with E-state index in [4.69, 9.17) is 5.73 Å². The fraction of sp³-hybridized carbons (Fsp3) is 0.381. The standard InChI is InChI=1S/C21H28N4O2.2ClH/c1-2-3-11-18(14-22)24-21(27)19(13-16-8-5-4-6-9-16)25-20(26)17-10-7-12-23-15-17;;/h4-10,12,15,18-19H,2-3,11,13-14,22H2,1H3,(H,24,27)(H,25,26);2*1H. The largest absolute Gasteiger partial charge is 0.350 e. The van der Waals surface area contributed by atoms with Crippen molar-refractivity contribution < 1.29 is 9.59 Å². The van der Waals surface area contributed by atoms with Crippen LogP contribution in [0.4, 0.5) is 0 Å². The van der Waals surface area contributed by atoms with Gasteiger partial charge in [-0.05, 0) is 24.1 Å². The van der Waals surface area contributed by atoms with E-state index in [1.165, 1.54) is 6.20 Å². The van der Waals surface area contributed by atoms with Crippen LogP contribution in [0.25, 0.3) is 0 Å². The van der Waals surface area contributed by atoms with E-state index in [1.807, 2.05) is 30.3 Å². The summed E-state index contributed by atoms with van der Waals surface area (Å²) < 4.78 is 0. The molecule has 0 aliphatic carbocycles. The quantitative estimate of drug-likeness (QED) is 0.528. The normalized spacial score (nSPS) is 11.9. The molecule has 1 heterocycles. The number of halogens is 2. The second kappa shape index (κ2) is 14.8. The molecule has 2 amide bonds. The molecule has 0 aliphatic heterocycles. The van der Waals surface area contributed by atoms with Gasteiger partial charge < -0.3 is 16.4 Å². The molecule has 160 valence electrons. The molecular formula is C21H30Cl2N4O2. The van der Waals surface area contributed by atoms with E-state index < -0.39 is 6.04 Å². The fourth-order valence-electron chi connectivity index (χ4n) is 2.80. The third-order valence-electron chi connectivity index (χ3n) is 4.37. The van der Waals surface area contributed by atoms with Crippen LogP contribution < -0.4 is 16.4 Å². The maximum Gasteiger partial charge on any atom is 0.253 e. The molecule has 8 heteroatoms. The number of hydrogen-bond acceptors (Lipinski definition) is 4. The predicted octanol–water partition coefficient (Wildman–Crippen LogP) is 2.90. The van der Waals surface area contributed by atoms with Gasteiger partial charge in [-0.2, -0.15) is 0 Å². The summed E-state index contributed by atoms with van der Waals surface area (Å²) >= 11 is 0. The van der Waals surface area contributed by atoms with Crippen LogP contribution in [0.1, 0.15) is 42.1 Å². The molecule has 2 aromatic rings. The monoisotopic (exact) mass is 440 g/mol. The molecule has 29 heavy (non-hydrogen) atoms. The van der Waals surface area contributed by atoms with E-state index in [2.05, 4.69) is 22.5 Å². The first-order valence-electron chi connectivity index (χ1n) is 9.39. The zero-order valence-electron chi connectivity index (χ0n) is 16.5. The summed E-state index contributed by atoms with van der Waals surface area (Å²) in [4.78, 5) is 29.3. The van der Waals surface area contributed by atoms with E-state index in [0.29, 0.717) is 18.5 Å². The van der Waals surface area contributed by atoms with Crippen molar-refractivity contribution in [2.45, 2.75) is 44.7 Å². The van der Waals surface area contributed by atoms with Crippen molar-refractivity contribution in [1.29, 1.82) is 0 Å². The van der Waals surface area contributed by atoms with Crippen LogP contribution in [0.3, 0.4) is 0 Å². The highest BCUT2D eigenvalue weighted by Crippen LogP contribution is 2.07. The minimum atomic E-state index is -0.684. The van der Waals surface area contributed by atoms with Crippen molar-refractivity contribution in [3.63, 3.8) is 0 Å². The number of carbonyl (C=O) groups is 2. The van der Waals surface area contributed by atoms with Gasteiger partial charge in [-0.25, -0.2) is 0 Å². The van der Waals surface area contributed by atoms with Crippen molar-refractivity contribution in [2.75, 3.05) is 6.54 Å². The minimum Gasteiger partial charge on any atom is -0.350 e. The molecule has 0 radical (unpaired) electrons. The molecule has 0 aliphatic rings. The van der Waals surface area contributed by atoms with Gasteiger partial charge in [-0.15, -0.1) is 24.8 Å². The maximum absolute atomic E-state index is 12.8. The molecule has 0 spiro atoms. The van der Waals surface area contributed by atoms with Crippen LogP contribution in [-0.4, -0.2) is 35.4 Å². The molecule has 0 saturated heterocycles. The lowest BCUT2D eigenvalue weighted by Gasteiger charge is -2.23. The summed E-state index contributed by atoms with van der Waals surface area (Å²) in [6.07, 6.45) is 6.35. The van der Waals surface area contributed by atoms with Gasteiger partial charge in [0.15, 0.2) is 0 Å². The number of carbonyl (C=O) groups excluding carboxylic acids is 2. The van der Waals surface area contributed by atoms with Gasteiger partial charge in [-0.1, -0.05) is 50.1 Å². The molecular weight excluding hydrogens is 411 g/mol. The Morgan fingerprint density at radius 2 is 1.79 bits per heavy atom. The first kappa shape index (κ1) is 26.9. The number of unbranched alkanes of at least 4 members (excludes halogenated alkanes) is 1. The van der Waals surface area contributed by atoms with Gasteiger partial charge >= 0.3 is 0 Å². The topological polar surface area (TPSA) is 97.1 Å². The third-order valence-corrected chi connectivity index (χ3v) is 4.37.